The molecule has 0 aliphatic heterocycles. The van der Waals surface area contributed by atoms with Crippen LogP contribution in [0.2, 0.25) is 0 Å². The van der Waals surface area contributed by atoms with E-state index in [1.807, 2.05) is 28.7 Å². The zero-order chi connectivity index (χ0) is 15.4. The number of carbonyl (C=O) groups excluding carboxylic acids is 1. The smallest absolute Gasteiger partial charge is 0.339 e. The third kappa shape index (κ3) is 3.55. The Morgan fingerprint density at radius 3 is 2.81 bits per heavy atom. The van der Waals surface area contributed by atoms with Crippen molar-refractivity contribution in [3.8, 4) is 6.07 Å². The summed E-state index contributed by atoms with van der Waals surface area (Å²) >= 11 is 2.01. The van der Waals surface area contributed by atoms with Gasteiger partial charge in [-0.15, -0.1) is 0 Å². The number of ether oxygens (including phenoxy) is 1. The van der Waals surface area contributed by atoms with Gasteiger partial charge in [-0.2, -0.15) is 5.26 Å². The van der Waals surface area contributed by atoms with Gasteiger partial charge in [0.15, 0.2) is 0 Å². The van der Waals surface area contributed by atoms with E-state index in [0.717, 1.165) is 3.57 Å². The van der Waals surface area contributed by atoms with Crippen LogP contribution in [0.1, 0.15) is 27.3 Å². The van der Waals surface area contributed by atoms with E-state index in [4.69, 9.17) is 5.26 Å². The number of methoxy groups -OCH3 is 1. The van der Waals surface area contributed by atoms with Crippen LogP contribution in [0.3, 0.4) is 0 Å². The van der Waals surface area contributed by atoms with Crippen LogP contribution in [-0.4, -0.2) is 18.1 Å². The summed E-state index contributed by atoms with van der Waals surface area (Å²) in [6.45, 7) is 0. The van der Waals surface area contributed by atoms with Crippen molar-refractivity contribution in [1.82, 2.24) is 4.98 Å². The number of halogens is 2. The molecule has 1 heterocycles. The summed E-state index contributed by atoms with van der Waals surface area (Å²) in [5.74, 6) is -0.935. The molecule has 0 bridgehead atoms. The average molecular weight is 396 g/mol. The largest absolute Gasteiger partial charge is 0.465 e. The Balaban J connectivity index is 2.46. The van der Waals surface area contributed by atoms with Crippen LogP contribution in [0.25, 0.3) is 0 Å². The first-order valence-electron chi connectivity index (χ1n) is 5.97. The van der Waals surface area contributed by atoms with Crippen LogP contribution >= 0.6 is 22.6 Å². The molecular weight excluding hydrogens is 386 g/mol. The first-order chi connectivity index (χ1) is 10.0. The van der Waals surface area contributed by atoms with Crippen molar-refractivity contribution >= 4 is 28.6 Å². The summed E-state index contributed by atoms with van der Waals surface area (Å²) in [4.78, 5) is 15.8. The van der Waals surface area contributed by atoms with E-state index in [9.17, 15) is 9.18 Å². The molecule has 0 radical (unpaired) electrons. The quantitative estimate of drug-likeness (QED) is 0.591. The van der Waals surface area contributed by atoms with Gasteiger partial charge in [0, 0.05) is 9.99 Å². The van der Waals surface area contributed by atoms with Gasteiger partial charge in [-0.1, -0.05) is 6.07 Å². The SMILES string of the molecule is COC(=O)c1ccc(C#N)nc1Cc1ccc(I)cc1F. The minimum atomic E-state index is -0.562. The van der Waals surface area contributed by atoms with Crippen molar-refractivity contribution in [2.45, 2.75) is 6.42 Å². The number of nitrogens with zero attached hydrogens (tertiary/aromatic N) is 2. The van der Waals surface area contributed by atoms with Crippen LogP contribution in [0.15, 0.2) is 30.3 Å². The molecule has 2 rings (SSSR count). The first-order valence-corrected chi connectivity index (χ1v) is 7.05. The molecule has 0 saturated heterocycles. The number of aromatic nitrogens is 1. The van der Waals surface area contributed by atoms with Gasteiger partial charge < -0.3 is 4.74 Å². The van der Waals surface area contributed by atoms with E-state index in [2.05, 4.69) is 9.72 Å². The predicted octanol–water partition coefficient (Wildman–Crippen LogP) is 3.07. The second-order valence-electron chi connectivity index (χ2n) is 4.21. The van der Waals surface area contributed by atoms with Crippen LogP contribution in [-0.2, 0) is 11.2 Å². The normalized spacial score (nSPS) is 10.0. The Hall–Kier alpha value is -2.01. The highest BCUT2D eigenvalue weighted by Gasteiger charge is 2.16. The number of rotatable bonds is 3. The highest BCUT2D eigenvalue weighted by Crippen LogP contribution is 2.18. The molecular formula is C15H10FIN2O2. The summed E-state index contributed by atoms with van der Waals surface area (Å²) in [6.07, 6.45) is 0.114. The first kappa shape index (κ1) is 15.4. The predicted molar refractivity (Wildman–Crippen MR) is 82.2 cm³/mol. The van der Waals surface area contributed by atoms with Gasteiger partial charge in [0.1, 0.15) is 17.6 Å². The van der Waals surface area contributed by atoms with Gasteiger partial charge in [0.05, 0.1) is 18.4 Å². The molecule has 0 amide bonds. The van der Waals surface area contributed by atoms with Gasteiger partial charge in [-0.05, 0) is 52.4 Å². The van der Waals surface area contributed by atoms with E-state index in [1.165, 1.54) is 25.3 Å². The lowest BCUT2D eigenvalue weighted by Gasteiger charge is -2.08. The standard InChI is InChI=1S/C15H10FIN2O2/c1-21-15(20)12-5-4-11(8-18)19-14(12)6-9-2-3-10(17)7-13(9)16/h2-5,7H,6H2,1H3. The van der Waals surface area contributed by atoms with Crippen LogP contribution in [0.5, 0.6) is 0 Å². The summed E-state index contributed by atoms with van der Waals surface area (Å²) in [5, 5.41) is 8.90. The van der Waals surface area contributed by atoms with Crippen LogP contribution < -0.4 is 0 Å². The molecule has 0 atom stereocenters. The molecule has 106 valence electrons. The lowest BCUT2D eigenvalue weighted by molar-refractivity contribution is 0.0599. The molecule has 0 N–H and O–H groups in total. The number of benzene rings is 1. The number of nitriles is 1. The van der Waals surface area contributed by atoms with E-state index >= 15 is 0 Å². The zero-order valence-electron chi connectivity index (χ0n) is 11.1. The summed E-state index contributed by atoms with van der Waals surface area (Å²) < 4.78 is 19.4. The van der Waals surface area contributed by atoms with Gasteiger partial charge in [-0.25, -0.2) is 14.2 Å². The van der Waals surface area contributed by atoms with E-state index in [-0.39, 0.29) is 23.5 Å². The van der Waals surface area contributed by atoms with Crippen molar-refractivity contribution in [3.63, 3.8) is 0 Å². The van der Waals surface area contributed by atoms with Crippen LogP contribution in [0, 0.1) is 20.7 Å². The van der Waals surface area contributed by atoms with Crippen molar-refractivity contribution in [2.24, 2.45) is 0 Å². The Morgan fingerprint density at radius 1 is 1.43 bits per heavy atom. The Bertz CT molecular complexity index is 741. The fourth-order valence-electron chi connectivity index (χ4n) is 1.84. The maximum Gasteiger partial charge on any atom is 0.339 e. The molecule has 1 aromatic heterocycles. The minimum Gasteiger partial charge on any atom is -0.465 e. The van der Waals surface area contributed by atoms with Crippen molar-refractivity contribution in [2.75, 3.05) is 7.11 Å². The van der Waals surface area contributed by atoms with E-state index < -0.39 is 5.97 Å². The fraction of sp³-hybridized carbons (Fsp3) is 0.133. The molecule has 4 nitrogen and oxygen atoms in total. The monoisotopic (exact) mass is 396 g/mol. The van der Waals surface area contributed by atoms with Gasteiger partial charge in [-0.3, -0.25) is 0 Å². The second kappa shape index (κ2) is 6.63. The highest BCUT2D eigenvalue weighted by atomic mass is 127. The summed E-state index contributed by atoms with van der Waals surface area (Å²) in [6, 6.07) is 9.61. The van der Waals surface area contributed by atoms with Crippen molar-refractivity contribution in [3.05, 3.63) is 62.2 Å². The van der Waals surface area contributed by atoms with Crippen molar-refractivity contribution in [1.29, 1.82) is 5.26 Å². The van der Waals surface area contributed by atoms with Gasteiger partial charge in [0.2, 0.25) is 0 Å². The third-order valence-corrected chi connectivity index (χ3v) is 3.54. The number of hydrogen-bond donors (Lipinski definition) is 0. The number of hydrogen-bond acceptors (Lipinski definition) is 4. The maximum atomic E-state index is 13.9. The number of carbonyl (C=O) groups is 1. The molecule has 21 heavy (non-hydrogen) atoms. The topological polar surface area (TPSA) is 63.0 Å². The average Bonchev–Trinajstić information content (AvgIpc) is 2.49. The maximum absolute atomic E-state index is 13.9. The number of esters is 1. The van der Waals surface area contributed by atoms with E-state index in [1.54, 1.807) is 12.1 Å². The molecule has 6 heteroatoms. The van der Waals surface area contributed by atoms with E-state index in [0.29, 0.717) is 11.3 Å². The summed E-state index contributed by atoms with van der Waals surface area (Å²) in [7, 11) is 1.26. The minimum absolute atomic E-state index is 0.114. The molecule has 2 aromatic rings. The Kier molecular flexibility index (Phi) is 4.85. The zero-order valence-corrected chi connectivity index (χ0v) is 13.2. The highest BCUT2D eigenvalue weighted by molar-refractivity contribution is 14.1. The third-order valence-electron chi connectivity index (χ3n) is 2.87. The molecule has 0 aliphatic rings. The summed E-state index contributed by atoms with van der Waals surface area (Å²) in [5.41, 5.74) is 1.13. The molecule has 1 aromatic carbocycles. The lowest BCUT2D eigenvalue weighted by atomic mass is 10.0. The molecule has 0 aliphatic carbocycles. The number of pyridine rings is 1. The van der Waals surface area contributed by atoms with Crippen molar-refractivity contribution < 1.29 is 13.9 Å². The lowest BCUT2D eigenvalue weighted by Crippen LogP contribution is -2.09. The molecule has 0 fully saturated rings. The fourth-order valence-corrected chi connectivity index (χ4v) is 2.29. The van der Waals surface area contributed by atoms with Gasteiger partial charge in [0.25, 0.3) is 0 Å². The molecule has 0 spiro atoms. The second-order valence-corrected chi connectivity index (χ2v) is 5.45. The van der Waals surface area contributed by atoms with Crippen LogP contribution in [0.4, 0.5) is 4.39 Å². The Labute approximate surface area is 134 Å². The Morgan fingerprint density at radius 2 is 2.19 bits per heavy atom. The van der Waals surface area contributed by atoms with Gasteiger partial charge >= 0.3 is 5.97 Å². The molecule has 0 saturated carbocycles. The molecule has 0 unspecified atom stereocenters.